The van der Waals surface area contributed by atoms with E-state index in [1.807, 2.05) is 0 Å². The molecule has 1 aliphatic rings. The number of nitrogens with zero attached hydrogens (tertiary/aromatic N) is 3. The Morgan fingerprint density at radius 3 is 2.60 bits per heavy atom. The monoisotopic (exact) mass is 351 g/mol. The van der Waals surface area contributed by atoms with Crippen molar-refractivity contribution < 1.29 is 14.5 Å². The summed E-state index contributed by atoms with van der Waals surface area (Å²) in [5.41, 5.74) is -0.640. The van der Waals surface area contributed by atoms with Crippen molar-refractivity contribution >= 4 is 23.3 Å². The maximum Gasteiger partial charge on any atom is 0.353 e. The fourth-order valence-corrected chi connectivity index (χ4v) is 2.02. The number of esters is 1. The number of rotatable bonds is 9. The van der Waals surface area contributed by atoms with Crippen LogP contribution in [0.15, 0.2) is 6.33 Å². The van der Waals surface area contributed by atoms with E-state index in [-0.39, 0.29) is 29.3 Å². The minimum atomic E-state index is -0.509. The lowest BCUT2D eigenvalue weighted by atomic mass is 9.97. The molecule has 2 N–H and O–H groups in total. The highest BCUT2D eigenvalue weighted by Crippen LogP contribution is 2.33. The van der Waals surface area contributed by atoms with E-state index in [4.69, 9.17) is 4.74 Å². The molecule has 0 atom stereocenters. The smallest absolute Gasteiger partial charge is 0.353 e. The summed E-state index contributed by atoms with van der Waals surface area (Å²) in [6.45, 7) is 6.24. The normalized spacial score (nSPS) is 14.0. The van der Waals surface area contributed by atoms with Gasteiger partial charge in [-0.2, -0.15) is 0 Å². The number of carbonyl (C=O) groups excluding carboxylic acids is 1. The maximum atomic E-state index is 11.6. The molecule has 1 heterocycles. The van der Waals surface area contributed by atoms with Gasteiger partial charge in [-0.05, 0) is 46.5 Å². The Hall–Kier alpha value is -2.45. The minimum Gasteiger partial charge on any atom is -0.465 e. The summed E-state index contributed by atoms with van der Waals surface area (Å²) < 4.78 is 5.18. The molecule has 0 aliphatic heterocycles. The Morgan fingerprint density at radius 2 is 2.00 bits per heavy atom. The first kappa shape index (κ1) is 18.9. The van der Waals surface area contributed by atoms with Gasteiger partial charge in [0.05, 0.1) is 16.9 Å². The lowest BCUT2D eigenvalue weighted by Gasteiger charge is -2.16. The van der Waals surface area contributed by atoms with Gasteiger partial charge >= 0.3 is 11.7 Å². The Bertz CT molecular complexity index is 625. The quantitative estimate of drug-likeness (QED) is 0.302. The van der Waals surface area contributed by atoms with Gasteiger partial charge < -0.3 is 15.4 Å². The third-order valence-electron chi connectivity index (χ3n) is 3.63. The molecule has 0 spiro atoms. The average molecular weight is 351 g/mol. The summed E-state index contributed by atoms with van der Waals surface area (Å²) in [5, 5.41) is 17.4. The van der Waals surface area contributed by atoms with Crippen LogP contribution in [0.5, 0.6) is 0 Å². The second-order valence-corrected chi connectivity index (χ2v) is 7.12. The van der Waals surface area contributed by atoms with Gasteiger partial charge in [-0.25, -0.2) is 9.97 Å². The van der Waals surface area contributed by atoms with Crippen molar-refractivity contribution in [2.24, 2.45) is 5.41 Å². The lowest BCUT2D eigenvalue weighted by molar-refractivity contribution is -0.383. The maximum absolute atomic E-state index is 11.6. The van der Waals surface area contributed by atoms with Crippen LogP contribution < -0.4 is 10.6 Å². The molecule has 0 amide bonds. The van der Waals surface area contributed by atoms with Gasteiger partial charge in [-0.3, -0.25) is 14.9 Å². The highest BCUT2D eigenvalue weighted by atomic mass is 16.6. The number of aromatic nitrogens is 2. The predicted octanol–water partition coefficient (Wildman–Crippen LogP) is 2.74. The molecule has 0 saturated heterocycles. The standard InChI is InChI=1S/C16H25N5O4/c1-16(2,3)15(22)25-9-5-4-8-17-13-12(21(23)24)14(19-10-18-13)20-11-6-7-11/h10-11H,4-9H2,1-3H3,(H2,17,18,19,20). The molecule has 1 fully saturated rings. The van der Waals surface area contributed by atoms with Gasteiger partial charge in [-0.15, -0.1) is 0 Å². The van der Waals surface area contributed by atoms with Crippen LogP contribution in [0, 0.1) is 15.5 Å². The van der Waals surface area contributed by atoms with Crippen LogP contribution in [-0.2, 0) is 9.53 Å². The summed E-state index contributed by atoms with van der Waals surface area (Å²) >= 11 is 0. The van der Waals surface area contributed by atoms with Crippen molar-refractivity contribution in [3.63, 3.8) is 0 Å². The molecule has 2 rings (SSSR count). The third kappa shape index (κ3) is 5.84. The van der Waals surface area contributed by atoms with E-state index in [1.54, 1.807) is 20.8 Å². The summed E-state index contributed by atoms with van der Waals surface area (Å²) in [6.07, 6.45) is 4.67. The predicted molar refractivity (Wildman–Crippen MR) is 93.5 cm³/mol. The first-order chi connectivity index (χ1) is 11.8. The van der Waals surface area contributed by atoms with Crippen molar-refractivity contribution in [2.75, 3.05) is 23.8 Å². The summed E-state index contributed by atoms with van der Waals surface area (Å²) in [4.78, 5) is 30.5. The molecule has 1 aromatic rings. The molecule has 9 nitrogen and oxygen atoms in total. The van der Waals surface area contributed by atoms with E-state index in [9.17, 15) is 14.9 Å². The number of ether oxygens (including phenoxy) is 1. The molecule has 0 aromatic carbocycles. The van der Waals surface area contributed by atoms with Crippen LogP contribution in [0.3, 0.4) is 0 Å². The molecule has 9 heteroatoms. The zero-order valence-electron chi connectivity index (χ0n) is 14.9. The van der Waals surface area contributed by atoms with Gasteiger partial charge in [-0.1, -0.05) is 0 Å². The van der Waals surface area contributed by atoms with Crippen LogP contribution in [-0.4, -0.2) is 40.1 Å². The first-order valence-corrected chi connectivity index (χ1v) is 8.46. The fourth-order valence-electron chi connectivity index (χ4n) is 2.02. The van der Waals surface area contributed by atoms with Crippen molar-refractivity contribution in [3.8, 4) is 0 Å². The van der Waals surface area contributed by atoms with Crippen LogP contribution >= 0.6 is 0 Å². The molecule has 0 unspecified atom stereocenters. The zero-order chi connectivity index (χ0) is 18.4. The minimum absolute atomic E-state index is 0.131. The Labute approximate surface area is 146 Å². The molecular weight excluding hydrogens is 326 g/mol. The van der Waals surface area contributed by atoms with Crippen molar-refractivity contribution in [1.29, 1.82) is 0 Å². The Balaban J connectivity index is 1.80. The second-order valence-electron chi connectivity index (χ2n) is 7.12. The topological polar surface area (TPSA) is 119 Å². The molecule has 1 saturated carbocycles. The first-order valence-electron chi connectivity index (χ1n) is 8.46. The Kier molecular flexibility index (Phi) is 6.11. The van der Waals surface area contributed by atoms with Gasteiger partial charge in [0.25, 0.3) is 0 Å². The molecule has 138 valence electrons. The SMILES string of the molecule is CC(C)(C)C(=O)OCCCCNc1ncnc(NC2CC2)c1[N+](=O)[O-]. The number of hydrogen-bond acceptors (Lipinski definition) is 8. The number of nitro groups is 1. The van der Waals surface area contributed by atoms with Gasteiger partial charge in [0, 0.05) is 12.6 Å². The van der Waals surface area contributed by atoms with Gasteiger partial charge in [0.2, 0.25) is 11.6 Å². The Morgan fingerprint density at radius 1 is 1.32 bits per heavy atom. The molecular formula is C16H25N5O4. The highest BCUT2D eigenvalue weighted by Gasteiger charge is 2.28. The van der Waals surface area contributed by atoms with Crippen molar-refractivity contribution in [2.45, 2.75) is 52.5 Å². The van der Waals surface area contributed by atoms with E-state index in [1.165, 1.54) is 6.33 Å². The largest absolute Gasteiger partial charge is 0.465 e. The van der Waals surface area contributed by atoms with Crippen LogP contribution in [0.1, 0.15) is 46.5 Å². The van der Waals surface area contributed by atoms with Crippen molar-refractivity contribution in [1.82, 2.24) is 9.97 Å². The van der Waals surface area contributed by atoms with Gasteiger partial charge in [0.15, 0.2) is 0 Å². The number of anilines is 2. The second kappa shape index (κ2) is 8.09. The van der Waals surface area contributed by atoms with E-state index in [0.717, 1.165) is 12.8 Å². The number of hydrogen-bond donors (Lipinski definition) is 2. The van der Waals surface area contributed by atoms with E-state index in [2.05, 4.69) is 20.6 Å². The summed E-state index contributed by atoms with van der Waals surface area (Å²) in [6, 6.07) is 0.263. The summed E-state index contributed by atoms with van der Waals surface area (Å²) in [7, 11) is 0. The van der Waals surface area contributed by atoms with Crippen molar-refractivity contribution in [3.05, 3.63) is 16.4 Å². The van der Waals surface area contributed by atoms with E-state index < -0.39 is 10.3 Å². The van der Waals surface area contributed by atoms with E-state index >= 15 is 0 Å². The molecule has 0 bridgehead atoms. The molecule has 1 aliphatic carbocycles. The van der Waals surface area contributed by atoms with Crippen LogP contribution in [0.2, 0.25) is 0 Å². The zero-order valence-corrected chi connectivity index (χ0v) is 14.9. The number of nitrogens with one attached hydrogen (secondary N) is 2. The third-order valence-corrected chi connectivity index (χ3v) is 3.63. The molecule has 0 radical (unpaired) electrons. The van der Waals surface area contributed by atoms with Gasteiger partial charge in [0.1, 0.15) is 6.33 Å². The van der Waals surface area contributed by atoms with Crippen LogP contribution in [0.25, 0.3) is 0 Å². The fraction of sp³-hybridized carbons (Fsp3) is 0.688. The lowest BCUT2D eigenvalue weighted by Crippen LogP contribution is -2.23. The molecule has 1 aromatic heterocycles. The molecule has 25 heavy (non-hydrogen) atoms. The summed E-state index contributed by atoms with van der Waals surface area (Å²) in [5.74, 6) is 0.224. The van der Waals surface area contributed by atoms with Crippen LogP contribution in [0.4, 0.5) is 17.3 Å². The average Bonchev–Trinajstić information content (AvgIpc) is 3.33. The highest BCUT2D eigenvalue weighted by molar-refractivity contribution is 5.75. The van der Waals surface area contributed by atoms with E-state index in [0.29, 0.717) is 26.0 Å². The number of unbranched alkanes of at least 4 members (excludes halogenated alkanes) is 1. The number of carbonyl (C=O) groups is 1.